The van der Waals surface area contributed by atoms with E-state index in [4.69, 9.17) is 0 Å². The van der Waals surface area contributed by atoms with Crippen LogP contribution in [0.4, 0.5) is 5.69 Å². The number of carbonyl (C=O) groups excluding carboxylic acids is 2. The van der Waals surface area contributed by atoms with Crippen molar-refractivity contribution in [2.75, 3.05) is 11.9 Å². The summed E-state index contributed by atoms with van der Waals surface area (Å²) in [6.45, 7) is 5.24. The van der Waals surface area contributed by atoms with Crippen LogP contribution >= 0.6 is 0 Å². The van der Waals surface area contributed by atoms with Crippen molar-refractivity contribution in [2.24, 2.45) is 0 Å². The van der Waals surface area contributed by atoms with Crippen molar-refractivity contribution in [1.82, 2.24) is 14.7 Å². The molecule has 1 fully saturated rings. The third kappa shape index (κ3) is 3.92. The summed E-state index contributed by atoms with van der Waals surface area (Å²) in [7, 11) is 0. The van der Waals surface area contributed by atoms with Crippen LogP contribution in [-0.2, 0) is 11.3 Å². The van der Waals surface area contributed by atoms with E-state index in [0.29, 0.717) is 18.5 Å². The van der Waals surface area contributed by atoms with Gasteiger partial charge in [0.2, 0.25) is 5.91 Å². The van der Waals surface area contributed by atoms with Crippen molar-refractivity contribution in [3.8, 4) is 5.69 Å². The second-order valence-corrected chi connectivity index (χ2v) is 7.36. The number of nitrogens with one attached hydrogen (secondary N) is 1. The number of amides is 2. The van der Waals surface area contributed by atoms with Crippen LogP contribution in [0.2, 0.25) is 0 Å². The maximum atomic E-state index is 12.8. The lowest BCUT2D eigenvalue weighted by Gasteiger charge is -2.15. The van der Waals surface area contributed by atoms with E-state index in [9.17, 15) is 9.59 Å². The van der Waals surface area contributed by atoms with E-state index in [-0.39, 0.29) is 11.8 Å². The molecule has 0 saturated carbocycles. The molecule has 2 aromatic carbocycles. The largest absolute Gasteiger partial charge is 0.338 e. The van der Waals surface area contributed by atoms with Crippen molar-refractivity contribution in [3.63, 3.8) is 0 Å². The molecule has 0 atom stereocenters. The molecule has 1 aliphatic heterocycles. The number of hydrogen-bond donors (Lipinski definition) is 1. The van der Waals surface area contributed by atoms with Gasteiger partial charge in [-0.2, -0.15) is 5.10 Å². The van der Waals surface area contributed by atoms with E-state index in [1.807, 2.05) is 65.9 Å². The van der Waals surface area contributed by atoms with Crippen LogP contribution in [0, 0.1) is 13.8 Å². The second-order valence-electron chi connectivity index (χ2n) is 7.36. The first-order chi connectivity index (χ1) is 14.0. The summed E-state index contributed by atoms with van der Waals surface area (Å²) >= 11 is 0. The third-order valence-electron chi connectivity index (χ3n) is 5.29. The first kappa shape index (κ1) is 18.9. The van der Waals surface area contributed by atoms with Crippen LogP contribution in [0.5, 0.6) is 0 Å². The molecule has 148 valence electrons. The Morgan fingerprint density at radius 1 is 1.07 bits per heavy atom. The summed E-state index contributed by atoms with van der Waals surface area (Å²) in [5.41, 5.74) is 4.93. The molecular formula is C23H24N4O2. The maximum Gasteiger partial charge on any atom is 0.255 e. The van der Waals surface area contributed by atoms with Gasteiger partial charge in [0.15, 0.2) is 0 Å². The maximum absolute atomic E-state index is 12.8. The number of hydrogen-bond acceptors (Lipinski definition) is 3. The van der Waals surface area contributed by atoms with E-state index in [2.05, 4.69) is 10.4 Å². The number of anilines is 1. The monoisotopic (exact) mass is 388 g/mol. The number of nitrogens with zero attached hydrogens (tertiary/aromatic N) is 3. The van der Waals surface area contributed by atoms with Gasteiger partial charge in [-0.05, 0) is 50.1 Å². The predicted octanol–water partition coefficient (Wildman–Crippen LogP) is 3.86. The lowest BCUT2D eigenvalue weighted by molar-refractivity contribution is -0.128. The van der Waals surface area contributed by atoms with Crippen molar-refractivity contribution in [2.45, 2.75) is 33.2 Å². The minimum Gasteiger partial charge on any atom is -0.338 e. The van der Waals surface area contributed by atoms with Crippen molar-refractivity contribution in [3.05, 3.63) is 77.1 Å². The van der Waals surface area contributed by atoms with Crippen LogP contribution in [0.25, 0.3) is 5.69 Å². The number of likely N-dealkylation sites (tertiary alicyclic amines) is 1. The molecule has 3 aromatic rings. The van der Waals surface area contributed by atoms with Gasteiger partial charge >= 0.3 is 0 Å². The van der Waals surface area contributed by atoms with Crippen LogP contribution in [0.3, 0.4) is 0 Å². The Kier molecular flexibility index (Phi) is 5.16. The molecule has 0 spiro atoms. The van der Waals surface area contributed by atoms with Gasteiger partial charge in [-0.15, -0.1) is 0 Å². The SMILES string of the molecule is Cc1nn(-c2ccccc2)c(C)c1NC(=O)c1ccc(CN2CCCC2=O)cc1. The van der Waals surface area contributed by atoms with E-state index < -0.39 is 0 Å². The highest BCUT2D eigenvalue weighted by Crippen LogP contribution is 2.23. The number of carbonyl (C=O) groups is 2. The first-order valence-corrected chi connectivity index (χ1v) is 9.82. The Morgan fingerprint density at radius 3 is 2.45 bits per heavy atom. The topological polar surface area (TPSA) is 67.2 Å². The molecule has 1 aromatic heterocycles. The molecule has 0 bridgehead atoms. The molecule has 0 aliphatic carbocycles. The summed E-state index contributed by atoms with van der Waals surface area (Å²) in [5, 5.41) is 7.57. The molecule has 1 aliphatic rings. The fourth-order valence-electron chi connectivity index (χ4n) is 3.68. The Hall–Kier alpha value is -3.41. The first-order valence-electron chi connectivity index (χ1n) is 9.82. The highest BCUT2D eigenvalue weighted by Gasteiger charge is 2.20. The van der Waals surface area contributed by atoms with Gasteiger partial charge in [-0.1, -0.05) is 30.3 Å². The number of benzene rings is 2. The van der Waals surface area contributed by atoms with Gasteiger partial charge < -0.3 is 10.2 Å². The third-order valence-corrected chi connectivity index (χ3v) is 5.29. The number of para-hydroxylation sites is 1. The number of aryl methyl sites for hydroxylation is 1. The zero-order valence-electron chi connectivity index (χ0n) is 16.7. The molecule has 1 N–H and O–H groups in total. The van der Waals surface area contributed by atoms with E-state index in [1.165, 1.54) is 0 Å². The van der Waals surface area contributed by atoms with Crippen LogP contribution < -0.4 is 5.32 Å². The van der Waals surface area contributed by atoms with Gasteiger partial charge in [0.05, 0.1) is 22.8 Å². The summed E-state index contributed by atoms with van der Waals surface area (Å²) in [4.78, 5) is 26.4. The van der Waals surface area contributed by atoms with Crippen molar-refractivity contribution in [1.29, 1.82) is 0 Å². The zero-order chi connectivity index (χ0) is 20.4. The fraction of sp³-hybridized carbons (Fsp3) is 0.261. The standard InChI is InChI=1S/C23H24N4O2/c1-16-22(17(2)27(25-16)20-7-4-3-5-8-20)24-23(29)19-12-10-18(11-13-19)15-26-14-6-9-21(26)28/h3-5,7-8,10-13H,6,9,14-15H2,1-2H3,(H,24,29). The highest BCUT2D eigenvalue weighted by molar-refractivity contribution is 6.04. The van der Waals surface area contributed by atoms with Gasteiger partial charge in [0.1, 0.15) is 0 Å². The summed E-state index contributed by atoms with van der Waals surface area (Å²) in [6.07, 6.45) is 1.56. The average molecular weight is 388 g/mol. The molecule has 1 saturated heterocycles. The quantitative estimate of drug-likeness (QED) is 0.722. The van der Waals surface area contributed by atoms with E-state index >= 15 is 0 Å². The van der Waals surface area contributed by atoms with Crippen molar-refractivity contribution < 1.29 is 9.59 Å². The molecule has 4 rings (SSSR count). The smallest absolute Gasteiger partial charge is 0.255 e. The lowest BCUT2D eigenvalue weighted by Crippen LogP contribution is -2.23. The lowest BCUT2D eigenvalue weighted by atomic mass is 10.1. The number of aromatic nitrogens is 2. The molecule has 2 heterocycles. The normalized spacial score (nSPS) is 13.7. The second kappa shape index (κ2) is 7.91. The van der Waals surface area contributed by atoms with Crippen LogP contribution in [0.1, 0.15) is 40.2 Å². The van der Waals surface area contributed by atoms with Crippen molar-refractivity contribution >= 4 is 17.5 Å². The summed E-state index contributed by atoms with van der Waals surface area (Å²) in [5.74, 6) is 0.0285. The number of rotatable bonds is 5. The molecular weight excluding hydrogens is 364 g/mol. The van der Waals surface area contributed by atoms with E-state index in [0.717, 1.165) is 41.3 Å². The average Bonchev–Trinajstić information content (AvgIpc) is 3.26. The highest BCUT2D eigenvalue weighted by atomic mass is 16.2. The Morgan fingerprint density at radius 2 is 1.79 bits per heavy atom. The van der Waals surface area contributed by atoms with Gasteiger partial charge in [-0.25, -0.2) is 4.68 Å². The van der Waals surface area contributed by atoms with Crippen LogP contribution in [-0.4, -0.2) is 33.0 Å². The molecule has 29 heavy (non-hydrogen) atoms. The minimum absolute atomic E-state index is 0.174. The van der Waals surface area contributed by atoms with E-state index in [1.54, 1.807) is 12.1 Å². The Labute approximate surface area is 170 Å². The van der Waals surface area contributed by atoms with Crippen LogP contribution in [0.15, 0.2) is 54.6 Å². The molecule has 2 amide bonds. The molecule has 0 radical (unpaired) electrons. The van der Waals surface area contributed by atoms with Gasteiger partial charge in [0.25, 0.3) is 5.91 Å². The minimum atomic E-state index is -0.174. The Bertz CT molecular complexity index is 1040. The summed E-state index contributed by atoms with van der Waals surface area (Å²) < 4.78 is 1.83. The van der Waals surface area contributed by atoms with Gasteiger partial charge in [-0.3, -0.25) is 9.59 Å². The summed E-state index contributed by atoms with van der Waals surface area (Å²) in [6, 6.07) is 17.3. The Balaban J connectivity index is 1.48. The molecule has 6 heteroatoms. The fourth-order valence-corrected chi connectivity index (χ4v) is 3.68. The predicted molar refractivity (Wildman–Crippen MR) is 112 cm³/mol. The zero-order valence-corrected chi connectivity index (χ0v) is 16.7. The molecule has 0 unspecified atom stereocenters. The van der Waals surface area contributed by atoms with Gasteiger partial charge in [0, 0.05) is 25.1 Å². The molecule has 6 nitrogen and oxygen atoms in total.